The van der Waals surface area contributed by atoms with Crippen molar-refractivity contribution in [3.8, 4) is 0 Å². The molecular formula is C6H8ClF2NS. The van der Waals surface area contributed by atoms with Gasteiger partial charge < -0.3 is 4.90 Å². The Balaban J connectivity index is 2.61. The number of hydrogen-bond donors (Lipinski definition) is 0. The lowest BCUT2D eigenvalue weighted by atomic mass is 10.4. The second kappa shape index (κ2) is 3.63. The van der Waals surface area contributed by atoms with Gasteiger partial charge in [-0.3, -0.25) is 0 Å². The van der Waals surface area contributed by atoms with Crippen molar-refractivity contribution in [2.45, 2.75) is 25.3 Å². The van der Waals surface area contributed by atoms with Crippen LogP contribution in [0.2, 0.25) is 0 Å². The summed E-state index contributed by atoms with van der Waals surface area (Å²) in [6.07, 6.45) is 1.97. The van der Waals surface area contributed by atoms with E-state index in [-0.39, 0.29) is 5.37 Å². The van der Waals surface area contributed by atoms with E-state index in [2.05, 4.69) is 0 Å². The van der Waals surface area contributed by atoms with Crippen molar-refractivity contribution in [1.82, 2.24) is 4.90 Å². The van der Waals surface area contributed by atoms with Crippen LogP contribution in [0.25, 0.3) is 0 Å². The first-order chi connectivity index (χ1) is 5.15. The van der Waals surface area contributed by atoms with Gasteiger partial charge in [-0.25, -0.2) is 0 Å². The van der Waals surface area contributed by atoms with Crippen molar-refractivity contribution in [2.75, 3.05) is 0 Å². The Morgan fingerprint density at radius 2 is 2.45 bits per heavy atom. The van der Waals surface area contributed by atoms with Crippen molar-refractivity contribution < 1.29 is 8.78 Å². The first-order valence-electron chi connectivity index (χ1n) is 3.24. The number of alkyl halides is 2. The Kier molecular flexibility index (Phi) is 3.01. The summed E-state index contributed by atoms with van der Waals surface area (Å²) < 4.78 is 24.8. The van der Waals surface area contributed by atoms with E-state index in [0.29, 0.717) is 10.8 Å². The Morgan fingerprint density at radius 3 is 2.82 bits per heavy atom. The van der Waals surface area contributed by atoms with Crippen molar-refractivity contribution in [2.24, 2.45) is 0 Å². The Labute approximate surface area is 73.4 Å². The van der Waals surface area contributed by atoms with E-state index >= 15 is 0 Å². The summed E-state index contributed by atoms with van der Waals surface area (Å²) >= 11 is 6.85. The topological polar surface area (TPSA) is 3.24 Å². The molecule has 0 radical (unpaired) electrons. The van der Waals surface area contributed by atoms with E-state index in [0.717, 1.165) is 4.90 Å². The average molecular weight is 200 g/mol. The highest BCUT2D eigenvalue weighted by molar-refractivity contribution is 8.05. The number of halogens is 3. The van der Waals surface area contributed by atoms with Crippen LogP contribution in [0.1, 0.15) is 13.3 Å². The molecule has 1 atom stereocenters. The standard InChI is InChI=1S/C6H8ClF2NS/c1-2-5-10(6(8)9)3-4(7)11-5/h3,5-6H,2H2,1H3. The number of hydrogen-bond acceptors (Lipinski definition) is 2. The Bertz CT molecular complexity index is 174. The molecule has 11 heavy (non-hydrogen) atoms. The molecule has 0 aromatic rings. The molecule has 64 valence electrons. The molecule has 1 aliphatic heterocycles. The van der Waals surface area contributed by atoms with Crippen LogP contribution in [0, 0.1) is 0 Å². The van der Waals surface area contributed by atoms with Gasteiger partial charge in [-0.15, -0.1) is 0 Å². The van der Waals surface area contributed by atoms with Crippen molar-refractivity contribution >= 4 is 23.4 Å². The summed E-state index contributed by atoms with van der Waals surface area (Å²) in [5.74, 6) is 0. The largest absolute Gasteiger partial charge is 0.315 e. The van der Waals surface area contributed by atoms with Gasteiger partial charge in [-0.2, -0.15) is 8.78 Å². The van der Waals surface area contributed by atoms with Crippen molar-refractivity contribution in [3.63, 3.8) is 0 Å². The Morgan fingerprint density at radius 1 is 1.82 bits per heavy atom. The van der Waals surface area contributed by atoms with Crippen LogP contribution in [0.15, 0.2) is 10.6 Å². The molecule has 0 aromatic heterocycles. The molecule has 1 heterocycles. The highest BCUT2D eigenvalue weighted by Crippen LogP contribution is 2.38. The first-order valence-corrected chi connectivity index (χ1v) is 4.50. The van der Waals surface area contributed by atoms with Gasteiger partial charge in [-0.1, -0.05) is 30.3 Å². The summed E-state index contributed by atoms with van der Waals surface area (Å²) in [5, 5.41) is -0.192. The zero-order chi connectivity index (χ0) is 8.43. The summed E-state index contributed by atoms with van der Waals surface area (Å²) in [7, 11) is 0. The highest BCUT2D eigenvalue weighted by atomic mass is 35.5. The van der Waals surface area contributed by atoms with Crippen LogP contribution in [0.4, 0.5) is 8.78 Å². The van der Waals surface area contributed by atoms with Gasteiger partial charge in [0.1, 0.15) is 0 Å². The lowest BCUT2D eigenvalue weighted by Gasteiger charge is -2.21. The number of thioether (sulfide) groups is 1. The molecule has 0 aromatic carbocycles. The maximum absolute atomic E-state index is 12.2. The van der Waals surface area contributed by atoms with Gasteiger partial charge >= 0.3 is 6.55 Å². The monoisotopic (exact) mass is 199 g/mol. The second-order valence-electron chi connectivity index (χ2n) is 2.14. The minimum absolute atomic E-state index is 0.192. The molecule has 0 spiro atoms. The molecule has 0 saturated heterocycles. The third-order valence-electron chi connectivity index (χ3n) is 1.41. The van der Waals surface area contributed by atoms with Gasteiger partial charge in [0.05, 0.1) is 9.74 Å². The summed E-state index contributed by atoms with van der Waals surface area (Å²) in [5.41, 5.74) is 0. The van der Waals surface area contributed by atoms with Crippen LogP contribution in [-0.2, 0) is 0 Å². The molecule has 0 amide bonds. The fourth-order valence-electron chi connectivity index (χ4n) is 0.898. The molecule has 0 fully saturated rings. The molecule has 5 heteroatoms. The van der Waals surface area contributed by atoms with E-state index < -0.39 is 6.55 Å². The van der Waals surface area contributed by atoms with Gasteiger partial charge in [0.15, 0.2) is 0 Å². The molecule has 0 bridgehead atoms. The van der Waals surface area contributed by atoms with Crippen molar-refractivity contribution in [3.05, 3.63) is 10.6 Å². The van der Waals surface area contributed by atoms with Gasteiger partial charge in [0.2, 0.25) is 0 Å². The molecule has 0 saturated carbocycles. The molecule has 1 nitrogen and oxygen atoms in total. The van der Waals surface area contributed by atoms with Crippen molar-refractivity contribution in [1.29, 1.82) is 0 Å². The molecule has 1 rings (SSSR count). The fraction of sp³-hybridized carbons (Fsp3) is 0.667. The molecule has 0 N–H and O–H groups in total. The predicted octanol–water partition coefficient (Wildman–Crippen LogP) is 3.03. The quantitative estimate of drug-likeness (QED) is 0.629. The van der Waals surface area contributed by atoms with Crippen LogP contribution < -0.4 is 0 Å². The highest BCUT2D eigenvalue weighted by Gasteiger charge is 2.28. The molecular weight excluding hydrogens is 192 g/mol. The minimum Gasteiger partial charge on any atom is -0.308 e. The fourth-order valence-corrected chi connectivity index (χ4v) is 2.20. The van der Waals surface area contributed by atoms with Gasteiger partial charge in [0.25, 0.3) is 0 Å². The molecule has 1 unspecified atom stereocenters. The van der Waals surface area contributed by atoms with E-state index in [1.165, 1.54) is 18.0 Å². The molecule has 0 aliphatic carbocycles. The summed E-state index contributed by atoms with van der Waals surface area (Å²) in [6.45, 7) is -0.584. The number of nitrogens with zero attached hydrogens (tertiary/aromatic N) is 1. The maximum Gasteiger partial charge on any atom is 0.315 e. The number of rotatable bonds is 2. The first kappa shape index (κ1) is 9.13. The Hall–Kier alpha value is 0.0400. The summed E-state index contributed by atoms with van der Waals surface area (Å²) in [4.78, 5) is 0.979. The van der Waals surface area contributed by atoms with Crippen LogP contribution in [0.5, 0.6) is 0 Å². The lowest BCUT2D eigenvalue weighted by molar-refractivity contribution is 0.000619. The predicted molar refractivity (Wildman–Crippen MR) is 43.4 cm³/mol. The van der Waals surface area contributed by atoms with E-state index in [1.54, 1.807) is 0 Å². The van der Waals surface area contributed by atoms with Crippen LogP contribution >= 0.6 is 23.4 Å². The van der Waals surface area contributed by atoms with E-state index in [4.69, 9.17) is 11.6 Å². The van der Waals surface area contributed by atoms with Crippen LogP contribution in [-0.4, -0.2) is 16.8 Å². The zero-order valence-electron chi connectivity index (χ0n) is 5.93. The van der Waals surface area contributed by atoms with Gasteiger partial charge in [0, 0.05) is 6.20 Å². The normalized spacial score (nSPS) is 24.6. The smallest absolute Gasteiger partial charge is 0.308 e. The molecule has 1 aliphatic rings. The van der Waals surface area contributed by atoms with E-state index in [9.17, 15) is 8.78 Å². The average Bonchev–Trinajstić information content (AvgIpc) is 2.30. The lowest BCUT2D eigenvalue weighted by Crippen LogP contribution is -2.28. The summed E-state index contributed by atoms with van der Waals surface area (Å²) in [6, 6.07) is 0. The minimum atomic E-state index is -2.44. The van der Waals surface area contributed by atoms with E-state index in [1.807, 2.05) is 6.92 Å². The van der Waals surface area contributed by atoms with Crippen LogP contribution in [0.3, 0.4) is 0 Å². The zero-order valence-corrected chi connectivity index (χ0v) is 7.50. The SMILES string of the molecule is CCC1SC(Cl)=CN1C(F)F. The maximum atomic E-state index is 12.2. The third-order valence-corrected chi connectivity index (χ3v) is 2.95. The van der Waals surface area contributed by atoms with Gasteiger partial charge in [-0.05, 0) is 6.42 Å². The third kappa shape index (κ3) is 1.99. The second-order valence-corrected chi connectivity index (χ2v) is 3.99.